The van der Waals surface area contributed by atoms with E-state index >= 15 is 0 Å². The molecule has 1 fully saturated rings. The van der Waals surface area contributed by atoms with Crippen molar-refractivity contribution in [2.75, 3.05) is 13.2 Å². The van der Waals surface area contributed by atoms with Gasteiger partial charge in [-0.15, -0.1) is 0 Å². The first-order chi connectivity index (χ1) is 6.06. The molecule has 0 aliphatic carbocycles. The molecule has 0 aromatic carbocycles. The van der Waals surface area contributed by atoms with Gasteiger partial charge in [-0.1, -0.05) is 0 Å². The Balaban J connectivity index is 2.37. The zero-order valence-corrected chi connectivity index (χ0v) is 8.13. The van der Waals surface area contributed by atoms with Crippen LogP contribution >= 0.6 is 0 Å². The Morgan fingerprint density at radius 3 is 2.54 bits per heavy atom. The van der Waals surface area contributed by atoms with Crippen molar-refractivity contribution in [3.05, 3.63) is 24.0 Å². The Labute approximate surface area is 78.3 Å². The molecule has 0 bridgehead atoms. The van der Waals surface area contributed by atoms with Gasteiger partial charge in [-0.05, 0) is 26.0 Å². The minimum absolute atomic E-state index is 0.0174. The molecular formula is C10H16N2O. The Morgan fingerprint density at radius 2 is 2.23 bits per heavy atom. The highest BCUT2D eigenvalue weighted by Crippen LogP contribution is 2.39. The van der Waals surface area contributed by atoms with Gasteiger partial charge in [0.25, 0.3) is 0 Å². The molecular weight excluding hydrogens is 164 g/mol. The molecule has 3 N–H and O–H groups in total. The van der Waals surface area contributed by atoms with Gasteiger partial charge >= 0.3 is 0 Å². The van der Waals surface area contributed by atoms with E-state index < -0.39 is 0 Å². The molecule has 1 saturated heterocycles. The van der Waals surface area contributed by atoms with E-state index in [0.717, 1.165) is 13.2 Å². The minimum Gasteiger partial charge on any atom is -0.379 e. The lowest BCUT2D eigenvalue weighted by molar-refractivity contribution is -0.0938. The highest BCUT2D eigenvalue weighted by Gasteiger charge is 2.51. The first-order valence-electron chi connectivity index (χ1n) is 4.57. The summed E-state index contributed by atoms with van der Waals surface area (Å²) in [5, 5.41) is 0. The van der Waals surface area contributed by atoms with E-state index in [9.17, 15) is 0 Å². The van der Waals surface area contributed by atoms with E-state index in [-0.39, 0.29) is 11.0 Å². The van der Waals surface area contributed by atoms with Crippen molar-refractivity contribution in [3.63, 3.8) is 0 Å². The first-order valence-corrected chi connectivity index (χ1v) is 4.57. The zero-order valence-electron chi connectivity index (χ0n) is 8.13. The topological polar surface area (TPSA) is 51.0 Å². The number of H-pyrrole nitrogens is 1. The second-order valence-corrected chi connectivity index (χ2v) is 4.38. The molecule has 1 aromatic heterocycles. The molecule has 72 valence electrons. The number of rotatable bonds is 2. The third-order valence-corrected chi connectivity index (χ3v) is 3.04. The molecule has 1 aromatic rings. The zero-order chi connectivity index (χ0) is 9.53. The van der Waals surface area contributed by atoms with Crippen LogP contribution in [-0.4, -0.2) is 23.7 Å². The third kappa shape index (κ3) is 1.11. The van der Waals surface area contributed by atoms with Gasteiger partial charge < -0.3 is 15.5 Å². The van der Waals surface area contributed by atoms with Crippen LogP contribution in [0.15, 0.2) is 18.3 Å². The second kappa shape index (κ2) is 2.59. The Hall–Kier alpha value is -0.800. The molecule has 0 amide bonds. The van der Waals surface area contributed by atoms with E-state index in [1.807, 2.05) is 12.3 Å². The lowest BCUT2D eigenvalue weighted by Gasteiger charge is -2.50. The van der Waals surface area contributed by atoms with Gasteiger partial charge in [-0.25, -0.2) is 0 Å². The first kappa shape index (κ1) is 8.78. The van der Waals surface area contributed by atoms with Crippen molar-refractivity contribution in [1.29, 1.82) is 0 Å². The third-order valence-electron chi connectivity index (χ3n) is 3.04. The number of nitrogens with one attached hydrogen (secondary N) is 1. The molecule has 2 rings (SSSR count). The summed E-state index contributed by atoms with van der Waals surface area (Å²) in [7, 11) is 0. The van der Waals surface area contributed by atoms with Crippen molar-refractivity contribution in [2.45, 2.75) is 24.8 Å². The van der Waals surface area contributed by atoms with E-state index in [1.54, 1.807) is 0 Å². The van der Waals surface area contributed by atoms with Crippen LogP contribution in [0, 0.1) is 0 Å². The predicted molar refractivity (Wildman–Crippen MR) is 51.6 cm³/mol. The van der Waals surface area contributed by atoms with Gasteiger partial charge in [-0.3, -0.25) is 0 Å². The van der Waals surface area contributed by atoms with Crippen LogP contribution in [0.3, 0.4) is 0 Å². The fourth-order valence-electron chi connectivity index (χ4n) is 1.81. The standard InChI is InChI=1S/C10H16N2O/c1-9(2,11)10(6-13-7-10)8-4-3-5-12-8/h3-5,12H,6-7,11H2,1-2H3. The number of aromatic amines is 1. The summed E-state index contributed by atoms with van der Waals surface area (Å²) in [6.45, 7) is 5.54. The van der Waals surface area contributed by atoms with Crippen molar-refractivity contribution < 1.29 is 4.74 Å². The molecule has 0 atom stereocenters. The minimum atomic E-state index is -0.240. The summed E-state index contributed by atoms with van der Waals surface area (Å²) in [5.41, 5.74) is 7.10. The van der Waals surface area contributed by atoms with Crippen LogP contribution in [0.25, 0.3) is 0 Å². The lowest BCUT2D eigenvalue weighted by atomic mass is 9.68. The molecule has 2 heterocycles. The summed E-state index contributed by atoms with van der Waals surface area (Å²) in [5.74, 6) is 0. The van der Waals surface area contributed by atoms with Crippen LogP contribution in [0.1, 0.15) is 19.5 Å². The quantitative estimate of drug-likeness (QED) is 0.714. The molecule has 0 unspecified atom stereocenters. The Bertz CT molecular complexity index is 280. The number of aromatic nitrogens is 1. The molecule has 1 aliphatic heterocycles. The van der Waals surface area contributed by atoms with E-state index in [2.05, 4.69) is 24.9 Å². The average Bonchev–Trinajstić information content (AvgIpc) is 2.32. The van der Waals surface area contributed by atoms with Gasteiger partial charge in [0, 0.05) is 17.4 Å². The van der Waals surface area contributed by atoms with Crippen molar-refractivity contribution in [1.82, 2.24) is 4.98 Å². The van der Waals surface area contributed by atoms with Gasteiger partial charge in [0.15, 0.2) is 0 Å². The number of nitrogens with two attached hydrogens (primary N) is 1. The molecule has 13 heavy (non-hydrogen) atoms. The molecule has 0 saturated carbocycles. The number of hydrogen-bond acceptors (Lipinski definition) is 2. The fraction of sp³-hybridized carbons (Fsp3) is 0.600. The van der Waals surface area contributed by atoms with Gasteiger partial charge in [-0.2, -0.15) is 0 Å². The molecule has 0 spiro atoms. The maximum absolute atomic E-state index is 6.17. The van der Waals surface area contributed by atoms with E-state index in [1.165, 1.54) is 5.69 Å². The van der Waals surface area contributed by atoms with Gasteiger partial charge in [0.1, 0.15) is 0 Å². The summed E-state index contributed by atoms with van der Waals surface area (Å²) in [6.07, 6.45) is 1.93. The summed E-state index contributed by atoms with van der Waals surface area (Å²) in [6, 6.07) is 4.08. The number of hydrogen-bond donors (Lipinski definition) is 2. The Kier molecular flexibility index (Phi) is 1.75. The van der Waals surface area contributed by atoms with E-state index in [4.69, 9.17) is 10.5 Å². The predicted octanol–water partition coefficient (Wildman–Crippen LogP) is 1.02. The van der Waals surface area contributed by atoms with Crippen LogP contribution in [0.5, 0.6) is 0 Å². The van der Waals surface area contributed by atoms with E-state index in [0.29, 0.717) is 0 Å². The molecule has 1 aliphatic rings. The van der Waals surface area contributed by atoms with Gasteiger partial charge in [0.05, 0.1) is 18.6 Å². The van der Waals surface area contributed by atoms with Crippen LogP contribution < -0.4 is 5.73 Å². The molecule has 3 nitrogen and oxygen atoms in total. The van der Waals surface area contributed by atoms with Crippen molar-refractivity contribution in [3.8, 4) is 0 Å². The highest BCUT2D eigenvalue weighted by molar-refractivity contribution is 5.27. The normalized spacial score (nSPS) is 21.2. The van der Waals surface area contributed by atoms with Crippen LogP contribution in [0.4, 0.5) is 0 Å². The largest absolute Gasteiger partial charge is 0.379 e. The SMILES string of the molecule is CC(C)(N)C1(c2ccc[nH]2)COC1. The molecule has 0 radical (unpaired) electrons. The Morgan fingerprint density at radius 1 is 1.54 bits per heavy atom. The fourth-order valence-corrected chi connectivity index (χ4v) is 1.81. The summed E-state index contributed by atoms with van der Waals surface area (Å²) in [4.78, 5) is 3.23. The number of ether oxygens (including phenoxy) is 1. The molecule has 3 heteroatoms. The van der Waals surface area contributed by atoms with Crippen LogP contribution in [-0.2, 0) is 10.2 Å². The lowest BCUT2D eigenvalue weighted by Crippen LogP contribution is -2.65. The smallest absolute Gasteiger partial charge is 0.0744 e. The van der Waals surface area contributed by atoms with Crippen molar-refractivity contribution in [2.24, 2.45) is 5.73 Å². The highest BCUT2D eigenvalue weighted by atomic mass is 16.5. The second-order valence-electron chi connectivity index (χ2n) is 4.38. The maximum atomic E-state index is 6.17. The summed E-state index contributed by atoms with van der Waals surface area (Å²) >= 11 is 0. The van der Waals surface area contributed by atoms with Crippen molar-refractivity contribution >= 4 is 0 Å². The average molecular weight is 180 g/mol. The summed E-state index contributed by atoms with van der Waals surface area (Å²) < 4.78 is 5.29. The maximum Gasteiger partial charge on any atom is 0.0744 e. The van der Waals surface area contributed by atoms with Crippen LogP contribution in [0.2, 0.25) is 0 Å². The van der Waals surface area contributed by atoms with Gasteiger partial charge in [0.2, 0.25) is 0 Å². The monoisotopic (exact) mass is 180 g/mol.